The maximum Gasteiger partial charge on any atom is 0.164 e. The fraction of sp³-hybridized carbons (Fsp3) is 0. The monoisotopic (exact) mass is 798 g/mol. The smallest absolute Gasteiger partial charge is 0.164 e. The van der Waals surface area contributed by atoms with Gasteiger partial charge in [-0.1, -0.05) is 158 Å². The molecule has 0 fully saturated rings. The summed E-state index contributed by atoms with van der Waals surface area (Å²) >= 11 is 1.82. The molecule has 0 radical (unpaired) electrons. The van der Waals surface area contributed by atoms with Gasteiger partial charge in [0.05, 0.1) is 5.69 Å². The van der Waals surface area contributed by atoms with Gasteiger partial charge >= 0.3 is 0 Å². The SMILES string of the molecule is c1ccc(-c2ccc(N(c3cc(-c4nc(-c5ccccc5)nc(-c5cccc6ccccc56)n4)c4c(c3)oc3ccccc34)c3ccc4c(c3)sc3ccccc34)cc2)cc1. The van der Waals surface area contributed by atoms with Crippen molar-refractivity contribution in [2.24, 2.45) is 0 Å². The van der Waals surface area contributed by atoms with Gasteiger partial charge in [-0.25, -0.2) is 15.0 Å². The molecule has 0 aliphatic rings. The summed E-state index contributed by atoms with van der Waals surface area (Å²) in [5, 5.41) is 6.67. The lowest BCUT2D eigenvalue weighted by molar-refractivity contribution is 0.669. The number of aromatic nitrogens is 3. The molecule has 0 bridgehead atoms. The van der Waals surface area contributed by atoms with Crippen LogP contribution in [0.25, 0.3) is 98.2 Å². The molecule has 0 aliphatic heterocycles. The Balaban J connectivity index is 1.13. The molecule has 0 aliphatic carbocycles. The van der Waals surface area contributed by atoms with Gasteiger partial charge in [0.15, 0.2) is 17.5 Å². The first kappa shape index (κ1) is 35.1. The highest BCUT2D eigenvalue weighted by molar-refractivity contribution is 7.25. The fourth-order valence-corrected chi connectivity index (χ4v) is 9.77. The standard InChI is InChI=1S/C55H34N4OS/c1-3-14-35(15-4-1)36-26-28-39(29-27-36)59(40-30-31-44-43-21-10-12-25-50(43)61-51(44)34-40)41-32-47(52-46-22-9-11-24-48(46)60-49(52)33-41)55-57-53(38-17-5-2-6-18-38)56-54(58-55)45-23-13-19-37-16-7-8-20-42(37)45/h1-34H. The Hall–Kier alpha value is -7.93. The molecule has 9 aromatic carbocycles. The molecule has 6 heteroatoms. The average molecular weight is 799 g/mol. The summed E-state index contributed by atoms with van der Waals surface area (Å²) in [6.45, 7) is 0. The third-order valence-corrected chi connectivity index (χ3v) is 12.6. The second-order valence-electron chi connectivity index (χ2n) is 15.2. The molecule has 0 amide bonds. The molecule has 12 aromatic rings. The molecular weight excluding hydrogens is 765 g/mol. The predicted octanol–water partition coefficient (Wildman–Crippen LogP) is 15.4. The van der Waals surface area contributed by atoms with E-state index in [1.165, 1.54) is 25.7 Å². The third-order valence-electron chi connectivity index (χ3n) is 11.5. The molecule has 0 N–H and O–H groups in total. The van der Waals surface area contributed by atoms with Gasteiger partial charge in [0, 0.05) is 65.1 Å². The van der Waals surface area contributed by atoms with Crippen LogP contribution in [0.1, 0.15) is 0 Å². The zero-order valence-corrected chi connectivity index (χ0v) is 33.6. The number of rotatable bonds is 7. The van der Waals surface area contributed by atoms with Crippen LogP contribution in [0, 0.1) is 0 Å². The molecular formula is C55H34N4OS. The number of hydrogen-bond acceptors (Lipinski definition) is 6. The van der Waals surface area contributed by atoms with Gasteiger partial charge < -0.3 is 9.32 Å². The Bertz CT molecular complexity index is 3590. The van der Waals surface area contributed by atoms with E-state index in [1.807, 2.05) is 41.7 Å². The minimum absolute atomic E-state index is 0.564. The van der Waals surface area contributed by atoms with Crippen LogP contribution in [-0.4, -0.2) is 15.0 Å². The van der Waals surface area contributed by atoms with E-state index in [0.29, 0.717) is 17.5 Å². The normalized spacial score (nSPS) is 11.6. The van der Waals surface area contributed by atoms with Crippen molar-refractivity contribution in [3.8, 4) is 45.3 Å². The largest absolute Gasteiger partial charge is 0.456 e. The van der Waals surface area contributed by atoms with E-state index < -0.39 is 0 Å². The molecule has 61 heavy (non-hydrogen) atoms. The van der Waals surface area contributed by atoms with Crippen LogP contribution >= 0.6 is 11.3 Å². The number of benzene rings is 9. The van der Waals surface area contributed by atoms with Crippen molar-refractivity contribution >= 4 is 81.3 Å². The first-order valence-electron chi connectivity index (χ1n) is 20.3. The van der Waals surface area contributed by atoms with Crippen molar-refractivity contribution in [1.29, 1.82) is 0 Å². The lowest BCUT2D eigenvalue weighted by Gasteiger charge is -2.26. The molecule has 0 atom stereocenters. The second kappa shape index (κ2) is 14.4. The van der Waals surface area contributed by atoms with Gasteiger partial charge in [-0.3, -0.25) is 0 Å². The number of fused-ring (bicyclic) bond motifs is 7. The maximum atomic E-state index is 6.76. The molecule has 0 saturated heterocycles. The summed E-state index contributed by atoms with van der Waals surface area (Å²) in [6, 6.07) is 72.2. The van der Waals surface area contributed by atoms with Gasteiger partial charge in [0.2, 0.25) is 0 Å². The molecule has 12 rings (SSSR count). The molecule has 0 spiro atoms. The topological polar surface area (TPSA) is 55.1 Å². The van der Waals surface area contributed by atoms with Crippen molar-refractivity contribution in [1.82, 2.24) is 15.0 Å². The van der Waals surface area contributed by atoms with E-state index in [0.717, 1.165) is 72.0 Å². The Morgan fingerprint density at radius 3 is 1.79 bits per heavy atom. The van der Waals surface area contributed by atoms with Gasteiger partial charge in [0.25, 0.3) is 0 Å². The van der Waals surface area contributed by atoms with Crippen molar-refractivity contribution in [2.75, 3.05) is 4.90 Å². The molecule has 0 unspecified atom stereocenters. The van der Waals surface area contributed by atoms with Crippen LogP contribution in [-0.2, 0) is 0 Å². The Morgan fingerprint density at radius 1 is 0.361 bits per heavy atom. The molecule has 3 aromatic heterocycles. The van der Waals surface area contributed by atoms with E-state index in [-0.39, 0.29) is 0 Å². The summed E-state index contributed by atoms with van der Waals surface area (Å²) in [5.41, 5.74) is 9.54. The number of furan rings is 1. The lowest BCUT2D eigenvalue weighted by Crippen LogP contribution is -2.10. The Morgan fingerprint density at radius 2 is 0.967 bits per heavy atom. The molecule has 286 valence electrons. The minimum Gasteiger partial charge on any atom is -0.456 e. The summed E-state index contributed by atoms with van der Waals surface area (Å²) in [5.74, 6) is 1.77. The van der Waals surface area contributed by atoms with Crippen LogP contribution in [0.4, 0.5) is 17.1 Å². The predicted molar refractivity (Wildman–Crippen MR) is 254 cm³/mol. The number of hydrogen-bond donors (Lipinski definition) is 0. The third kappa shape index (κ3) is 6.12. The number of para-hydroxylation sites is 1. The first-order chi connectivity index (χ1) is 30.2. The van der Waals surface area contributed by atoms with E-state index in [9.17, 15) is 0 Å². The van der Waals surface area contributed by atoms with Crippen LogP contribution < -0.4 is 4.90 Å². The quantitative estimate of drug-likeness (QED) is 0.161. The number of anilines is 3. The minimum atomic E-state index is 0.564. The fourth-order valence-electron chi connectivity index (χ4n) is 8.63. The number of thiophene rings is 1. The van der Waals surface area contributed by atoms with Crippen molar-refractivity contribution in [3.63, 3.8) is 0 Å². The highest BCUT2D eigenvalue weighted by atomic mass is 32.1. The van der Waals surface area contributed by atoms with E-state index in [1.54, 1.807) is 0 Å². The van der Waals surface area contributed by atoms with Gasteiger partial charge in [-0.15, -0.1) is 11.3 Å². The highest BCUT2D eigenvalue weighted by Crippen LogP contribution is 2.45. The zero-order valence-electron chi connectivity index (χ0n) is 32.7. The van der Waals surface area contributed by atoms with Crippen LogP contribution in [0.3, 0.4) is 0 Å². The molecule has 0 saturated carbocycles. The average Bonchev–Trinajstić information content (AvgIpc) is 3.90. The summed E-state index contributed by atoms with van der Waals surface area (Å²) in [6.07, 6.45) is 0. The number of nitrogens with zero attached hydrogens (tertiary/aromatic N) is 4. The van der Waals surface area contributed by atoms with Crippen LogP contribution in [0.15, 0.2) is 211 Å². The summed E-state index contributed by atoms with van der Waals surface area (Å²) in [7, 11) is 0. The second-order valence-corrected chi connectivity index (χ2v) is 16.3. The maximum absolute atomic E-state index is 6.76. The van der Waals surface area contributed by atoms with Gasteiger partial charge in [-0.05, 0) is 64.4 Å². The highest BCUT2D eigenvalue weighted by Gasteiger charge is 2.23. The lowest BCUT2D eigenvalue weighted by atomic mass is 10.0. The van der Waals surface area contributed by atoms with E-state index in [4.69, 9.17) is 19.4 Å². The van der Waals surface area contributed by atoms with Crippen molar-refractivity contribution in [3.05, 3.63) is 206 Å². The Labute approximate surface area is 355 Å². The van der Waals surface area contributed by atoms with E-state index >= 15 is 0 Å². The van der Waals surface area contributed by atoms with Gasteiger partial charge in [-0.2, -0.15) is 0 Å². The summed E-state index contributed by atoms with van der Waals surface area (Å²) < 4.78 is 9.25. The van der Waals surface area contributed by atoms with Crippen LogP contribution in [0.2, 0.25) is 0 Å². The molecule has 3 heterocycles. The summed E-state index contributed by atoms with van der Waals surface area (Å²) in [4.78, 5) is 18.1. The van der Waals surface area contributed by atoms with Crippen molar-refractivity contribution in [2.45, 2.75) is 0 Å². The zero-order chi connectivity index (χ0) is 40.3. The van der Waals surface area contributed by atoms with Gasteiger partial charge in [0.1, 0.15) is 11.2 Å². The molecule has 5 nitrogen and oxygen atoms in total. The first-order valence-corrected chi connectivity index (χ1v) is 21.2. The van der Waals surface area contributed by atoms with E-state index in [2.05, 4.69) is 181 Å². The van der Waals surface area contributed by atoms with Crippen molar-refractivity contribution < 1.29 is 4.42 Å². The van der Waals surface area contributed by atoms with Crippen LogP contribution in [0.5, 0.6) is 0 Å². The Kier molecular flexibility index (Phi) is 8.28.